The fraction of sp³-hybridized carbons (Fsp3) is 0.290. The first kappa shape index (κ1) is 21.6. The first-order valence-electron chi connectivity index (χ1n) is 12.2. The average Bonchev–Trinajstić information content (AvgIpc) is 3.18. The summed E-state index contributed by atoms with van der Waals surface area (Å²) in [5.74, 6) is 0. The van der Waals surface area contributed by atoms with Crippen molar-refractivity contribution in [2.45, 2.75) is 58.2 Å². The molecule has 0 radical (unpaired) electrons. The molecule has 3 heteroatoms. The van der Waals surface area contributed by atoms with E-state index < -0.39 is 0 Å². The van der Waals surface area contributed by atoms with Crippen molar-refractivity contribution >= 4 is 23.4 Å². The van der Waals surface area contributed by atoms with E-state index in [9.17, 15) is 0 Å². The Bertz CT molecular complexity index is 1430. The van der Waals surface area contributed by atoms with Crippen molar-refractivity contribution in [2.24, 2.45) is 0 Å². The molecule has 2 aliphatic rings. The van der Waals surface area contributed by atoms with E-state index in [4.69, 9.17) is 9.31 Å². The summed E-state index contributed by atoms with van der Waals surface area (Å²) in [5.41, 5.74) is 8.34. The van der Waals surface area contributed by atoms with E-state index in [2.05, 4.69) is 120 Å². The second-order valence-electron chi connectivity index (χ2n) is 11.3. The van der Waals surface area contributed by atoms with Crippen molar-refractivity contribution in [3.05, 3.63) is 90.0 Å². The lowest BCUT2D eigenvalue weighted by atomic mass is 9.74. The van der Waals surface area contributed by atoms with Crippen LogP contribution in [0.15, 0.2) is 78.9 Å². The molecule has 1 heterocycles. The van der Waals surface area contributed by atoms with Crippen LogP contribution in [0.1, 0.15) is 52.7 Å². The molecule has 170 valence electrons. The summed E-state index contributed by atoms with van der Waals surface area (Å²) < 4.78 is 12.8. The van der Waals surface area contributed by atoms with E-state index in [-0.39, 0.29) is 23.7 Å². The Hall–Kier alpha value is -2.88. The normalized spacial score (nSPS) is 19.3. The molecule has 1 aliphatic carbocycles. The van der Waals surface area contributed by atoms with Crippen molar-refractivity contribution in [3.63, 3.8) is 0 Å². The fourth-order valence-corrected chi connectivity index (χ4v) is 5.62. The number of hydrogen-bond acceptors (Lipinski definition) is 2. The highest BCUT2D eigenvalue weighted by Gasteiger charge is 2.52. The average molecular weight is 446 g/mol. The Morgan fingerprint density at radius 1 is 0.559 bits per heavy atom. The van der Waals surface area contributed by atoms with Crippen LogP contribution in [0.2, 0.25) is 0 Å². The largest absolute Gasteiger partial charge is 0.495 e. The zero-order valence-electron chi connectivity index (χ0n) is 20.9. The van der Waals surface area contributed by atoms with Gasteiger partial charge in [0.2, 0.25) is 0 Å². The van der Waals surface area contributed by atoms with Crippen LogP contribution < -0.4 is 5.46 Å². The van der Waals surface area contributed by atoms with Gasteiger partial charge in [0, 0.05) is 5.41 Å². The molecule has 4 aromatic carbocycles. The molecule has 4 aromatic rings. The smallest absolute Gasteiger partial charge is 0.399 e. The van der Waals surface area contributed by atoms with Crippen molar-refractivity contribution in [1.82, 2.24) is 0 Å². The van der Waals surface area contributed by atoms with Gasteiger partial charge >= 0.3 is 7.12 Å². The van der Waals surface area contributed by atoms with Gasteiger partial charge in [-0.15, -0.1) is 0 Å². The molecule has 1 fully saturated rings. The van der Waals surface area contributed by atoms with Gasteiger partial charge in [-0.2, -0.15) is 0 Å². The number of benzene rings is 4. The van der Waals surface area contributed by atoms with E-state index in [1.807, 2.05) is 0 Å². The number of hydrogen-bond donors (Lipinski definition) is 0. The fourth-order valence-electron chi connectivity index (χ4n) is 5.62. The summed E-state index contributed by atoms with van der Waals surface area (Å²) in [5, 5.41) is 2.41. The van der Waals surface area contributed by atoms with Crippen LogP contribution in [0.25, 0.3) is 33.0 Å². The predicted octanol–water partition coefficient (Wildman–Crippen LogP) is 7.11. The first-order valence-corrected chi connectivity index (χ1v) is 12.2. The second-order valence-corrected chi connectivity index (χ2v) is 11.3. The molecule has 0 unspecified atom stereocenters. The maximum absolute atomic E-state index is 6.41. The molecule has 0 atom stereocenters. The molecular weight excluding hydrogens is 415 g/mol. The quantitative estimate of drug-likeness (QED) is 0.306. The SMILES string of the molecule is CC1(C)c2ccccc2-c2ccc(-c3ccc(B4OC(C)(C)C(C)(C)O4)c4ccccc34)cc21. The standard InChI is InChI=1S/C31H31BO2/c1-29(2)26-14-10-9-12-23(26)24-16-15-20(19-27(24)29)21-17-18-28(25-13-8-7-11-22(21)25)32-33-30(3,4)31(5,6)34-32/h7-19H,1-6H3. The van der Waals surface area contributed by atoms with Crippen LogP contribution >= 0.6 is 0 Å². The number of fused-ring (bicyclic) bond motifs is 4. The molecule has 6 rings (SSSR count). The third kappa shape index (κ3) is 2.97. The zero-order valence-corrected chi connectivity index (χ0v) is 20.9. The van der Waals surface area contributed by atoms with Gasteiger partial charge in [0.15, 0.2) is 0 Å². The van der Waals surface area contributed by atoms with Crippen molar-refractivity contribution in [2.75, 3.05) is 0 Å². The van der Waals surface area contributed by atoms with Crippen LogP contribution in [-0.2, 0) is 14.7 Å². The minimum absolute atomic E-state index is 0.0135. The van der Waals surface area contributed by atoms with Gasteiger partial charge in [0.1, 0.15) is 0 Å². The maximum Gasteiger partial charge on any atom is 0.495 e. The third-order valence-corrected chi connectivity index (χ3v) is 8.36. The lowest BCUT2D eigenvalue weighted by Crippen LogP contribution is -2.41. The predicted molar refractivity (Wildman–Crippen MR) is 143 cm³/mol. The molecule has 2 nitrogen and oxygen atoms in total. The zero-order chi connectivity index (χ0) is 23.9. The molecule has 0 amide bonds. The summed E-state index contributed by atoms with van der Waals surface area (Å²) in [6.45, 7) is 13.1. The van der Waals surface area contributed by atoms with Gasteiger partial charge in [-0.1, -0.05) is 86.6 Å². The van der Waals surface area contributed by atoms with E-state index in [0.717, 1.165) is 5.46 Å². The topological polar surface area (TPSA) is 18.5 Å². The van der Waals surface area contributed by atoms with Gasteiger partial charge in [0.05, 0.1) is 11.2 Å². The van der Waals surface area contributed by atoms with Gasteiger partial charge in [0.25, 0.3) is 0 Å². The Morgan fingerprint density at radius 3 is 1.88 bits per heavy atom. The van der Waals surface area contributed by atoms with Crippen molar-refractivity contribution in [1.29, 1.82) is 0 Å². The van der Waals surface area contributed by atoms with Gasteiger partial charge in [-0.05, 0) is 83.4 Å². The van der Waals surface area contributed by atoms with Crippen LogP contribution in [0, 0.1) is 0 Å². The summed E-state index contributed by atoms with van der Waals surface area (Å²) in [4.78, 5) is 0. The Morgan fingerprint density at radius 2 is 1.15 bits per heavy atom. The van der Waals surface area contributed by atoms with E-state index in [1.54, 1.807) is 0 Å². The highest BCUT2D eigenvalue weighted by atomic mass is 16.7. The minimum Gasteiger partial charge on any atom is -0.399 e. The lowest BCUT2D eigenvalue weighted by molar-refractivity contribution is 0.00578. The molecule has 0 bridgehead atoms. The highest BCUT2D eigenvalue weighted by molar-refractivity contribution is 6.65. The first-order chi connectivity index (χ1) is 16.1. The van der Waals surface area contributed by atoms with Crippen molar-refractivity contribution in [3.8, 4) is 22.3 Å². The Labute approximate surface area is 203 Å². The minimum atomic E-state index is -0.377. The van der Waals surface area contributed by atoms with Gasteiger partial charge in [-0.3, -0.25) is 0 Å². The van der Waals surface area contributed by atoms with Crippen LogP contribution in [0.5, 0.6) is 0 Å². The van der Waals surface area contributed by atoms with Gasteiger partial charge in [-0.25, -0.2) is 0 Å². The lowest BCUT2D eigenvalue weighted by Gasteiger charge is -2.32. The summed E-state index contributed by atoms with van der Waals surface area (Å²) in [7, 11) is -0.377. The molecule has 1 saturated heterocycles. The van der Waals surface area contributed by atoms with E-state index in [0.29, 0.717) is 0 Å². The molecule has 1 aliphatic heterocycles. The maximum atomic E-state index is 6.41. The Balaban J connectivity index is 1.49. The summed E-state index contributed by atoms with van der Waals surface area (Å²) in [6, 6.07) is 28.8. The second kappa shape index (κ2) is 7.07. The number of rotatable bonds is 2. The van der Waals surface area contributed by atoms with Crippen LogP contribution in [0.3, 0.4) is 0 Å². The van der Waals surface area contributed by atoms with E-state index in [1.165, 1.54) is 44.2 Å². The van der Waals surface area contributed by atoms with Crippen molar-refractivity contribution < 1.29 is 9.31 Å². The third-order valence-electron chi connectivity index (χ3n) is 8.36. The molecule has 34 heavy (non-hydrogen) atoms. The molecular formula is C31H31BO2. The monoisotopic (exact) mass is 446 g/mol. The molecule has 0 N–H and O–H groups in total. The Kier molecular flexibility index (Phi) is 4.50. The van der Waals surface area contributed by atoms with Crippen LogP contribution in [0.4, 0.5) is 0 Å². The summed E-state index contributed by atoms with van der Waals surface area (Å²) in [6.07, 6.45) is 0. The summed E-state index contributed by atoms with van der Waals surface area (Å²) >= 11 is 0. The highest BCUT2D eigenvalue weighted by Crippen LogP contribution is 2.49. The molecule has 0 spiro atoms. The van der Waals surface area contributed by atoms with Crippen LogP contribution in [-0.4, -0.2) is 18.3 Å². The molecule has 0 saturated carbocycles. The van der Waals surface area contributed by atoms with Gasteiger partial charge < -0.3 is 9.31 Å². The molecule has 0 aromatic heterocycles. The van der Waals surface area contributed by atoms with E-state index >= 15 is 0 Å².